The van der Waals surface area contributed by atoms with Gasteiger partial charge in [-0.1, -0.05) is 0 Å². The van der Waals surface area contributed by atoms with E-state index in [2.05, 4.69) is 4.90 Å². The van der Waals surface area contributed by atoms with Gasteiger partial charge in [-0.3, -0.25) is 4.79 Å². The van der Waals surface area contributed by atoms with Crippen LogP contribution in [0.1, 0.15) is 33.8 Å². The van der Waals surface area contributed by atoms with E-state index in [0.717, 1.165) is 19.1 Å². The Morgan fingerprint density at radius 3 is 2.47 bits per heavy atom. The molecule has 1 amide bonds. The number of hydrogen-bond acceptors (Lipinski definition) is 4. The van der Waals surface area contributed by atoms with Crippen LogP contribution < -0.4 is 0 Å². The molecule has 104 valence electrons. The van der Waals surface area contributed by atoms with Crippen LogP contribution in [-0.2, 0) is 0 Å². The number of likely N-dealkylation sites (tertiary alicyclic amines) is 1. The van der Waals surface area contributed by atoms with Gasteiger partial charge in [0.05, 0.1) is 5.56 Å². The Morgan fingerprint density at radius 1 is 1.37 bits per heavy atom. The van der Waals surface area contributed by atoms with Crippen molar-refractivity contribution in [1.82, 2.24) is 9.80 Å². The Hall–Kier alpha value is -1.82. The normalized spacial score (nSPS) is 16.9. The van der Waals surface area contributed by atoms with Gasteiger partial charge in [-0.2, -0.15) is 0 Å². The molecular weight excluding hydrogens is 248 g/mol. The van der Waals surface area contributed by atoms with E-state index in [1.54, 1.807) is 4.90 Å². The summed E-state index contributed by atoms with van der Waals surface area (Å²) in [4.78, 5) is 26.8. The van der Waals surface area contributed by atoms with Crippen molar-refractivity contribution in [1.29, 1.82) is 0 Å². The van der Waals surface area contributed by atoms with Gasteiger partial charge in [-0.25, -0.2) is 4.79 Å². The number of aromatic carboxylic acids is 1. The van der Waals surface area contributed by atoms with Crippen LogP contribution in [0.25, 0.3) is 0 Å². The molecule has 1 aromatic heterocycles. The molecule has 2 heterocycles. The van der Waals surface area contributed by atoms with Gasteiger partial charge in [-0.05, 0) is 26.9 Å². The second kappa shape index (κ2) is 5.44. The molecule has 0 radical (unpaired) electrons. The van der Waals surface area contributed by atoms with E-state index in [-0.39, 0.29) is 17.2 Å². The van der Waals surface area contributed by atoms with E-state index in [4.69, 9.17) is 9.52 Å². The van der Waals surface area contributed by atoms with E-state index in [9.17, 15) is 9.59 Å². The predicted molar refractivity (Wildman–Crippen MR) is 68.3 cm³/mol. The van der Waals surface area contributed by atoms with Gasteiger partial charge in [0.15, 0.2) is 5.76 Å². The summed E-state index contributed by atoms with van der Waals surface area (Å²) >= 11 is 0. The van der Waals surface area contributed by atoms with E-state index in [1.807, 2.05) is 14.1 Å². The van der Waals surface area contributed by atoms with E-state index in [1.165, 1.54) is 6.07 Å². The molecule has 6 nitrogen and oxygen atoms in total. The average molecular weight is 266 g/mol. The lowest BCUT2D eigenvalue weighted by atomic mass is 10.0. The van der Waals surface area contributed by atoms with Crippen molar-refractivity contribution < 1.29 is 19.1 Å². The van der Waals surface area contributed by atoms with Crippen molar-refractivity contribution in [3.8, 4) is 0 Å². The summed E-state index contributed by atoms with van der Waals surface area (Å²) in [5.74, 6) is -1.22. The third-order valence-electron chi connectivity index (χ3n) is 3.54. The Morgan fingerprint density at radius 2 is 2.00 bits per heavy atom. The highest BCUT2D eigenvalue weighted by Gasteiger charge is 2.26. The van der Waals surface area contributed by atoms with Crippen LogP contribution in [0.5, 0.6) is 0 Å². The van der Waals surface area contributed by atoms with Crippen LogP contribution in [0.3, 0.4) is 0 Å². The fourth-order valence-electron chi connectivity index (χ4n) is 2.30. The largest absolute Gasteiger partial charge is 0.478 e. The van der Waals surface area contributed by atoms with Crippen LogP contribution in [-0.4, -0.2) is 60.0 Å². The third kappa shape index (κ3) is 2.96. The van der Waals surface area contributed by atoms with Crippen molar-refractivity contribution in [3.05, 3.63) is 23.7 Å². The number of carbonyl (C=O) groups is 2. The molecule has 1 fully saturated rings. The molecular formula is C13H18N2O4. The fraction of sp³-hybridized carbons (Fsp3) is 0.538. The van der Waals surface area contributed by atoms with Gasteiger partial charge in [0.25, 0.3) is 5.91 Å². The summed E-state index contributed by atoms with van der Waals surface area (Å²) < 4.78 is 5.03. The quantitative estimate of drug-likeness (QED) is 0.888. The maximum absolute atomic E-state index is 12.1. The first-order valence-corrected chi connectivity index (χ1v) is 6.26. The molecule has 0 aliphatic carbocycles. The molecule has 0 bridgehead atoms. The topological polar surface area (TPSA) is 74.0 Å². The number of rotatable bonds is 3. The number of carboxylic acids is 1. The second-order valence-electron chi connectivity index (χ2n) is 4.99. The van der Waals surface area contributed by atoms with Gasteiger partial charge in [-0.15, -0.1) is 0 Å². The van der Waals surface area contributed by atoms with Crippen molar-refractivity contribution in [2.24, 2.45) is 0 Å². The number of nitrogens with zero attached hydrogens (tertiary/aromatic N) is 2. The Labute approximate surface area is 111 Å². The van der Waals surface area contributed by atoms with E-state index < -0.39 is 5.97 Å². The minimum absolute atomic E-state index is 0.00604. The Kier molecular flexibility index (Phi) is 3.90. The lowest BCUT2D eigenvalue weighted by Gasteiger charge is -2.34. The van der Waals surface area contributed by atoms with Gasteiger partial charge >= 0.3 is 5.97 Å². The number of carboxylic acid groups (broad SMARTS) is 1. The highest BCUT2D eigenvalue weighted by atomic mass is 16.4. The summed E-state index contributed by atoms with van der Waals surface area (Å²) in [7, 11) is 4.07. The zero-order valence-corrected chi connectivity index (χ0v) is 11.1. The van der Waals surface area contributed by atoms with Crippen LogP contribution in [0, 0.1) is 0 Å². The van der Waals surface area contributed by atoms with E-state index >= 15 is 0 Å². The third-order valence-corrected chi connectivity index (χ3v) is 3.54. The van der Waals surface area contributed by atoms with Crippen molar-refractivity contribution >= 4 is 11.9 Å². The van der Waals surface area contributed by atoms with Gasteiger partial charge < -0.3 is 19.3 Å². The van der Waals surface area contributed by atoms with Crippen LogP contribution in [0.4, 0.5) is 0 Å². The molecule has 0 atom stereocenters. The minimum Gasteiger partial charge on any atom is -0.478 e. The first-order chi connectivity index (χ1) is 8.99. The van der Waals surface area contributed by atoms with Gasteiger partial charge in [0.1, 0.15) is 6.26 Å². The van der Waals surface area contributed by atoms with Crippen LogP contribution in [0.15, 0.2) is 16.7 Å². The van der Waals surface area contributed by atoms with Crippen LogP contribution >= 0.6 is 0 Å². The zero-order valence-electron chi connectivity index (χ0n) is 11.1. The maximum Gasteiger partial charge on any atom is 0.338 e. The molecule has 1 saturated heterocycles. The number of carbonyl (C=O) groups excluding carboxylic acids is 1. The standard InChI is InChI=1S/C13H18N2O4/c1-14(2)10-3-5-15(6-4-10)12(16)11-7-9(8-19-11)13(17)18/h7-8,10H,3-6H2,1-2H3,(H,17,18). The second-order valence-corrected chi connectivity index (χ2v) is 4.99. The molecule has 0 saturated carbocycles. The molecule has 19 heavy (non-hydrogen) atoms. The smallest absolute Gasteiger partial charge is 0.338 e. The molecule has 0 unspecified atom stereocenters. The molecule has 0 spiro atoms. The van der Waals surface area contributed by atoms with Crippen LogP contribution in [0.2, 0.25) is 0 Å². The molecule has 6 heteroatoms. The zero-order chi connectivity index (χ0) is 14.0. The molecule has 1 aliphatic heterocycles. The maximum atomic E-state index is 12.1. The summed E-state index contributed by atoms with van der Waals surface area (Å²) in [6.07, 6.45) is 2.94. The summed E-state index contributed by atoms with van der Waals surface area (Å²) in [5, 5.41) is 8.80. The Bertz CT molecular complexity index is 473. The molecule has 1 N–H and O–H groups in total. The van der Waals surface area contributed by atoms with Crippen molar-refractivity contribution in [2.75, 3.05) is 27.2 Å². The van der Waals surface area contributed by atoms with Crippen molar-refractivity contribution in [2.45, 2.75) is 18.9 Å². The Balaban J connectivity index is 1.99. The molecule has 1 aliphatic rings. The predicted octanol–water partition coefficient (Wildman–Crippen LogP) is 1.14. The number of hydrogen-bond donors (Lipinski definition) is 1. The summed E-state index contributed by atoms with van der Waals surface area (Å²) in [6, 6.07) is 1.78. The number of furan rings is 1. The van der Waals surface area contributed by atoms with Gasteiger partial charge in [0, 0.05) is 25.2 Å². The highest BCUT2D eigenvalue weighted by Crippen LogP contribution is 2.18. The van der Waals surface area contributed by atoms with Gasteiger partial charge in [0.2, 0.25) is 0 Å². The number of amides is 1. The van der Waals surface area contributed by atoms with E-state index in [0.29, 0.717) is 19.1 Å². The molecule has 2 rings (SSSR count). The fourth-order valence-corrected chi connectivity index (χ4v) is 2.30. The van der Waals surface area contributed by atoms with Crippen molar-refractivity contribution in [3.63, 3.8) is 0 Å². The minimum atomic E-state index is -1.09. The first-order valence-electron chi connectivity index (χ1n) is 6.26. The highest BCUT2D eigenvalue weighted by molar-refractivity contribution is 5.95. The monoisotopic (exact) mass is 266 g/mol. The lowest BCUT2D eigenvalue weighted by Crippen LogP contribution is -2.44. The summed E-state index contributed by atoms with van der Waals surface area (Å²) in [6.45, 7) is 1.34. The lowest BCUT2D eigenvalue weighted by molar-refractivity contribution is 0.0631. The molecule has 1 aromatic rings. The number of piperidine rings is 1. The SMILES string of the molecule is CN(C)C1CCN(C(=O)c2cc(C(=O)O)co2)CC1. The molecule has 0 aromatic carbocycles. The first kappa shape index (κ1) is 13.6. The average Bonchev–Trinajstić information content (AvgIpc) is 2.87. The summed E-state index contributed by atoms with van der Waals surface area (Å²) in [5.41, 5.74) is 0.00604.